The molecule has 2 aromatic rings. The molecule has 3 rings (SSSR count). The number of sulfonamides is 1. The predicted octanol–water partition coefficient (Wildman–Crippen LogP) is 3.17. The van der Waals surface area contributed by atoms with Gasteiger partial charge in [0.05, 0.1) is 4.90 Å². The fraction of sp³-hybridized carbons (Fsp3) is 0.350. The fourth-order valence-corrected chi connectivity index (χ4v) is 4.71. The molecule has 2 aromatic carbocycles. The minimum atomic E-state index is -3.81. The first-order valence-electron chi connectivity index (χ1n) is 9.09. The quantitative estimate of drug-likeness (QED) is 0.716. The highest BCUT2D eigenvalue weighted by Gasteiger charge is 2.37. The van der Waals surface area contributed by atoms with Crippen molar-refractivity contribution in [2.45, 2.75) is 24.3 Å². The molecule has 1 amide bonds. The molecule has 1 saturated heterocycles. The minimum Gasteiger partial charge on any atom is -0.478 e. The van der Waals surface area contributed by atoms with Crippen LogP contribution >= 0.6 is 11.6 Å². The lowest BCUT2D eigenvalue weighted by molar-refractivity contribution is -0.146. The van der Waals surface area contributed by atoms with Crippen molar-refractivity contribution in [1.29, 1.82) is 0 Å². The number of halogens is 2. The van der Waals surface area contributed by atoms with Gasteiger partial charge in [0.2, 0.25) is 10.0 Å². The topological polar surface area (TPSA) is 66.9 Å². The molecule has 1 aliphatic rings. The summed E-state index contributed by atoms with van der Waals surface area (Å²) in [7, 11) is -3.81. The maximum absolute atomic E-state index is 13.4. The van der Waals surface area contributed by atoms with E-state index in [0.717, 1.165) is 6.07 Å². The number of ether oxygens (including phenoxy) is 1. The van der Waals surface area contributed by atoms with Crippen molar-refractivity contribution in [2.24, 2.45) is 0 Å². The first kappa shape index (κ1) is 21.5. The van der Waals surface area contributed by atoms with Gasteiger partial charge in [-0.25, -0.2) is 12.8 Å². The standard InChI is InChI=1S/C20H22ClFN2O4S/c1-20(2,28-17-8-6-15(21)7-9-17)19(25)23-10-12-24(13-11-23)29(26,27)18-5-3-4-16(22)14-18/h3-9,14H,10-13H2,1-2H3. The van der Waals surface area contributed by atoms with E-state index in [9.17, 15) is 17.6 Å². The highest BCUT2D eigenvalue weighted by atomic mass is 35.5. The van der Waals surface area contributed by atoms with E-state index in [2.05, 4.69) is 0 Å². The van der Waals surface area contributed by atoms with Gasteiger partial charge in [-0.05, 0) is 56.3 Å². The molecule has 0 aliphatic carbocycles. The van der Waals surface area contributed by atoms with Crippen LogP contribution in [0, 0.1) is 5.82 Å². The Labute approximate surface area is 174 Å². The van der Waals surface area contributed by atoms with E-state index in [1.165, 1.54) is 22.5 Å². The molecular formula is C20H22ClFN2O4S. The number of hydrogen-bond acceptors (Lipinski definition) is 4. The smallest absolute Gasteiger partial charge is 0.266 e. The molecule has 29 heavy (non-hydrogen) atoms. The Morgan fingerprint density at radius 3 is 2.28 bits per heavy atom. The summed E-state index contributed by atoms with van der Waals surface area (Å²) in [6.45, 7) is 4.03. The lowest BCUT2D eigenvalue weighted by atomic mass is 10.1. The summed E-state index contributed by atoms with van der Waals surface area (Å²) < 4.78 is 45.9. The number of carbonyl (C=O) groups excluding carboxylic acids is 1. The molecule has 0 saturated carbocycles. The number of amides is 1. The van der Waals surface area contributed by atoms with Crippen molar-refractivity contribution in [3.63, 3.8) is 0 Å². The van der Waals surface area contributed by atoms with Gasteiger partial charge in [0.1, 0.15) is 11.6 Å². The van der Waals surface area contributed by atoms with Crippen molar-refractivity contribution in [1.82, 2.24) is 9.21 Å². The third kappa shape index (κ3) is 4.88. The highest BCUT2D eigenvalue weighted by Crippen LogP contribution is 2.24. The van der Waals surface area contributed by atoms with Gasteiger partial charge in [0.25, 0.3) is 5.91 Å². The second-order valence-corrected chi connectivity index (χ2v) is 9.59. The monoisotopic (exact) mass is 440 g/mol. The average Bonchev–Trinajstić information content (AvgIpc) is 2.69. The van der Waals surface area contributed by atoms with E-state index in [4.69, 9.17) is 16.3 Å². The van der Waals surface area contributed by atoms with Gasteiger partial charge in [-0.15, -0.1) is 0 Å². The van der Waals surface area contributed by atoms with E-state index in [0.29, 0.717) is 10.8 Å². The molecular weight excluding hydrogens is 419 g/mol. The predicted molar refractivity (Wildman–Crippen MR) is 108 cm³/mol. The van der Waals surface area contributed by atoms with E-state index >= 15 is 0 Å². The molecule has 1 heterocycles. The van der Waals surface area contributed by atoms with Crippen LogP contribution in [0.3, 0.4) is 0 Å². The summed E-state index contributed by atoms with van der Waals surface area (Å²) in [6.07, 6.45) is 0. The van der Waals surface area contributed by atoms with Crippen LogP contribution in [0.4, 0.5) is 4.39 Å². The molecule has 0 radical (unpaired) electrons. The Morgan fingerprint density at radius 1 is 1.07 bits per heavy atom. The Morgan fingerprint density at radius 2 is 1.69 bits per heavy atom. The Kier molecular flexibility index (Phi) is 6.16. The first-order chi connectivity index (χ1) is 13.6. The van der Waals surface area contributed by atoms with Gasteiger partial charge in [0.15, 0.2) is 5.60 Å². The molecule has 0 bridgehead atoms. The van der Waals surface area contributed by atoms with E-state index in [-0.39, 0.29) is 37.0 Å². The van der Waals surface area contributed by atoms with Crippen LogP contribution in [0.2, 0.25) is 5.02 Å². The summed E-state index contributed by atoms with van der Waals surface area (Å²) in [6, 6.07) is 11.6. The van der Waals surface area contributed by atoms with Crippen molar-refractivity contribution in [2.75, 3.05) is 26.2 Å². The zero-order valence-corrected chi connectivity index (χ0v) is 17.7. The summed E-state index contributed by atoms with van der Waals surface area (Å²) in [5, 5.41) is 0.567. The van der Waals surface area contributed by atoms with Crippen LogP contribution in [-0.2, 0) is 14.8 Å². The van der Waals surface area contributed by atoms with Crippen LogP contribution < -0.4 is 4.74 Å². The lowest BCUT2D eigenvalue weighted by Crippen LogP contribution is -2.56. The van der Waals surface area contributed by atoms with Crippen molar-refractivity contribution in [3.8, 4) is 5.75 Å². The number of benzene rings is 2. The molecule has 9 heteroatoms. The largest absolute Gasteiger partial charge is 0.478 e. The SMILES string of the molecule is CC(C)(Oc1ccc(Cl)cc1)C(=O)N1CCN(S(=O)(=O)c2cccc(F)c2)CC1. The normalized spacial score (nSPS) is 15.9. The fourth-order valence-electron chi connectivity index (χ4n) is 3.13. The zero-order chi connectivity index (χ0) is 21.2. The molecule has 0 N–H and O–H groups in total. The van der Waals surface area contributed by atoms with Crippen LogP contribution in [-0.4, -0.2) is 55.3 Å². The second-order valence-electron chi connectivity index (χ2n) is 7.22. The second kappa shape index (κ2) is 8.30. The van der Waals surface area contributed by atoms with E-state index < -0.39 is 21.4 Å². The van der Waals surface area contributed by atoms with Crippen LogP contribution in [0.25, 0.3) is 0 Å². The summed E-state index contributed by atoms with van der Waals surface area (Å²) in [5.74, 6) is -0.337. The van der Waals surface area contributed by atoms with Gasteiger partial charge in [-0.3, -0.25) is 4.79 Å². The molecule has 0 aromatic heterocycles. The van der Waals surface area contributed by atoms with Gasteiger partial charge >= 0.3 is 0 Å². The maximum Gasteiger partial charge on any atom is 0.266 e. The minimum absolute atomic E-state index is 0.0938. The first-order valence-corrected chi connectivity index (χ1v) is 10.9. The summed E-state index contributed by atoms with van der Waals surface area (Å²) in [4.78, 5) is 14.4. The number of nitrogens with zero attached hydrogens (tertiary/aromatic N) is 2. The Hall–Kier alpha value is -2.16. The third-order valence-electron chi connectivity index (χ3n) is 4.66. The van der Waals surface area contributed by atoms with Gasteiger partial charge in [-0.2, -0.15) is 4.31 Å². The number of hydrogen-bond donors (Lipinski definition) is 0. The number of rotatable bonds is 5. The number of carbonyl (C=O) groups is 1. The molecule has 0 unspecified atom stereocenters. The maximum atomic E-state index is 13.4. The Bertz CT molecular complexity index is 988. The van der Waals surface area contributed by atoms with Crippen LogP contribution in [0.15, 0.2) is 53.4 Å². The summed E-state index contributed by atoms with van der Waals surface area (Å²) >= 11 is 5.87. The summed E-state index contributed by atoms with van der Waals surface area (Å²) in [5.41, 5.74) is -1.13. The van der Waals surface area contributed by atoms with E-state index in [1.54, 1.807) is 43.0 Å². The van der Waals surface area contributed by atoms with Crippen LogP contribution in [0.5, 0.6) is 5.75 Å². The molecule has 156 valence electrons. The number of piperazine rings is 1. The van der Waals surface area contributed by atoms with E-state index in [1.807, 2.05) is 0 Å². The average molecular weight is 441 g/mol. The highest BCUT2D eigenvalue weighted by molar-refractivity contribution is 7.89. The van der Waals surface area contributed by atoms with Gasteiger partial charge < -0.3 is 9.64 Å². The molecule has 1 aliphatic heterocycles. The van der Waals surface area contributed by atoms with Crippen molar-refractivity contribution >= 4 is 27.5 Å². The molecule has 0 spiro atoms. The Balaban J connectivity index is 1.65. The lowest BCUT2D eigenvalue weighted by Gasteiger charge is -2.38. The van der Waals surface area contributed by atoms with Gasteiger partial charge in [0, 0.05) is 31.2 Å². The molecule has 1 fully saturated rings. The van der Waals surface area contributed by atoms with Crippen LogP contribution in [0.1, 0.15) is 13.8 Å². The third-order valence-corrected chi connectivity index (χ3v) is 6.81. The zero-order valence-electron chi connectivity index (χ0n) is 16.1. The molecule has 0 atom stereocenters. The molecule has 6 nitrogen and oxygen atoms in total. The van der Waals surface area contributed by atoms with Gasteiger partial charge in [-0.1, -0.05) is 17.7 Å². The van der Waals surface area contributed by atoms with Crippen molar-refractivity contribution in [3.05, 3.63) is 59.4 Å². The van der Waals surface area contributed by atoms with Crippen molar-refractivity contribution < 1.29 is 22.3 Å².